The van der Waals surface area contributed by atoms with Gasteiger partial charge in [-0.05, 0) is 82.4 Å². The molecule has 0 fully saturated rings. The summed E-state index contributed by atoms with van der Waals surface area (Å²) in [4.78, 5) is 10.3. The van der Waals surface area contributed by atoms with Crippen LogP contribution in [0.2, 0.25) is 0 Å². The molecule has 0 radical (unpaired) electrons. The topological polar surface area (TPSA) is 25.2 Å². The van der Waals surface area contributed by atoms with Crippen molar-refractivity contribution in [3.8, 4) is 11.8 Å². The molecule has 2 rings (SSSR count). The van der Waals surface area contributed by atoms with Crippen molar-refractivity contribution in [3.05, 3.63) is 94.8 Å². The van der Waals surface area contributed by atoms with Crippen molar-refractivity contribution in [2.24, 2.45) is 10.9 Å². The van der Waals surface area contributed by atoms with Crippen molar-refractivity contribution in [1.29, 1.82) is 0 Å². The third-order valence-corrected chi connectivity index (χ3v) is 7.00. The van der Waals surface area contributed by atoms with Crippen molar-refractivity contribution < 1.29 is 4.39 Å². The van der Waals surface area contributed by atoms with Gasteiger partial charge in [-0.2, -0.15) is 0 Å². The Hall–Kier alpha value is -2.90. The molecule has 0 bridgehead atoms. The fourth-order valence-electron chi connectivity index (χ4n) is 3.69. The summed E-state index contributed by atoms with van der Waals surface area (Å²) in [6.07, 6.45) is 20.1. The Morgan fingerprint density at radius 1 is 1.31 bits per heavy atom. The Balaban J connectivity index is 2.27. The first kappa shape index (κ1) is 29.3. The van der Waals surface area contributed by atoms with Crippen LogP contribution in [0.15, 0.2) is 99.2 Å². The van der Waals surface area contributed by atoms with Gasteiger partial charge in [-0.15, -0.1) is 0 Å². The number of thioether (sulfide) groups is 1. The Bertz CT molecular complexity index is 1080. The highest BCUT2D eigenvalue weighted by Crippen LogP contribution is 2.35. The molecule has 2 nitrogen and oxygen atoms in total. The number of aromatic nitrogens is 1. The molecular formula is C32H39FN2S. The summed E-state index contributed by atoms with van der Waals surface area (Å²) in [5.41, 5.74) is 4.59. The maximum absolute atomic E-state index is 13.7. The van der Waals surface area contributed by atoms with Crippen LogP contribution >= 0.6 is 11.8 Å². The van der Waals surface area contributed by atoms with Gasteiger partial charge in [0.05, 0.1) is 0 Å². The average Bonchev–Trinajstić information content (AvgIpc) is 2.88. The predicted octanol–water partition coefficient (Wildman–Crippen LogP) is 9.15. The van der Waals surface area contributed by atoms with Gasteiger partial charge in [0.1, 0.15) is 11.2 Å². The van der Waals surface area contributed by atoms with E-state index in [9.17, 15) is 4.39 Å². The number of rotatable bonds is 14. The number of alkyl halides is 1. The van der Waals surface area contributed by atoms with Crippen LogP contribution in [0, 0.1) is 17.8 Å². The zero-order chi connectivity index (χ0) is 26.2. The van der Waals surface area contributed by atoms with Crippen molar-refractivity contribution in [2.45, 2.75) is 76.9 Å². The van der Waals surface area contributed by atoms with Crippen molar-refractivity contribution in [2.75, 3.05) is 0 Å². The molecule has 1 aliphatic rings. The number of nitrogens with zero attached hydrogens (tertiary/aromatic N) is 2. The quantitative estimate of drug-likeness (QED) is 0.0833. The van der Waals surface area contributed by atoms with E-state index in [4.69, 9.17) is 0 Å². The molecule has 2 atom stereocenters. The second-order valence-electron chi connectivity index (χ2n) is 8.77. The SMILES string of the molecule is C=CC(F)/C=C\C(=C/CC)CC/C(Sc1ccc(CC)cn1)=C(/CCC1C#C/C=C(/C)C/C=C\1)N=C. The molecule has 36 heavy (non-hydrogen) atoms. The lowest BCUT2D eigenvalue weighted by atomic mass is 9.98. The highest BCUT2D eigenvalue weighted by atomic mass is 32.2. The second-order valence-corrected chi connectivity index (χ2v) is 9.89. The number of pyridine rings is 1. The van der Waals surface area contributed by atoms with E-state index in [0.29, 0.717) is 0 Å². The smallest absolute Gasteiger partial charge is 0.137 e. The lowest BCUT2D eigenvalue weighted by Gasteiger charge is -2.14. The van der Waals surface area contributed by atoms with Crippen LogP contribution in [0.3, 0.4) is 0 Å². The number of hydrogen-bond donors (Lipinski definition) is 0. The minimum atomic E-state index is -1.14. The van der Waals surface area contributed by atoms with Crippen molar-refractivity contribution >= 4 is 18.5 Å². The van der Waals surface area contributed by atoms with Gasteiger partial charge in [0.15, 0.2) is 0 Å². The lowest BCUT2D eigenvalue weighted by Crippen LogP contribution is -1.98. The molecular weight excluding hydrogens is 463 g/mol. The van der Waals surface area contributed by atoms with E-state index in [1.165, 1.54) is 17.2 Å². The average molecular weight is 503 g/mol. The molecule has 2 unspecified atom stereocenters. The van der Waals surface area contributed by atoms with Gasteiger partial charge >= 0.3 is 0 Å². The Labute approximate surface area is 222 Å². The number of halogens is 1. The summed E-state index contributed by atoms with van der Waals surface area (Å²) in [7, 11) is 0. The molecule has 1 aromatic rings. The van der Waals surface area contributed by atoms with Gasteiger partial charge in [0.25, 0.3) is 0 Å². The highest BCUT2D eigenvalue weighted by molar-refractivity contribution is 8.03. The van der Waals surface area contributed by atoms with Crippen LogP contribution in [-0.2, 0) is 6.42 Å². The van der Waals surface area contributed by atoms with Gasteiger partial charge < -0.3 is 0 Å². The molecule has 0 spiro atoms. The van der Waals surface area contributed by atoms with E-state index in [1.54, 1.807) is 17.8 Å². The van der Waals surface area contributed by atoms with Crippen LogP contribution in [-0.4, -0.2) is 17.9 Å². The molecule has 4 heteroatoms. The number of allylic oxidation sites excluding steroid dienone is 11. The third kappa shape index (κ3) is 10.8. The largest absolute Gasteiger partial charge is 0.268 e. The van der Waals surface area contributed by atoms with Crippen molar-refractivity contribution in [1.82, 2.24) is 4.98 Å². The molecule has 0 aromatic carbocycles. The first-order chi connectivity index (χ1) is 17.5. The molecule has 0 saturated heterocycles. The van der Waals surface area contributed by atoms with E-state index in [1.807, 2.05) is 18.3 Å². The van der Waals surface area contributed by atoms with E-state index in [0.717, 1.165) is 66.1 Å². The third-order valence-electron chi connectivity index (χ3n) is 5.86. The molecule has 190 valence electrons. The van der Waals surface area contributed by atoms with Gasteiger partial charge in [0.2, 0.25) is 0 Å². The van der Waals surface area contributed by atoms with Crippen LogP contribution in [0.4, 0.5) is 4.39 Å². The lowest BCUT2D eigenvalue weighted by molar-refractivity contribution is 0.469. The molecule has 1 aromatic heterocycles. The van der Waals surface area contributed by atoms with E-state index >= 15 is 0 Å². The van der Waals surface area contributed by atoms with E-state index in [2.05, 4.69) is 86.2 Å². The standard InChI is InChI=1S/C32H39FN2S/c1-6-11-27(16-20-29(33)8-3)18-22-31(36-32-23-19-26(7-2)24-35-32)30(34-5)21-17-28-14-9-12-25(4)13-10-15-28/h8-9,11,13-14,16,19-20,23-24,28-29H,3,5-7,12,17-18,21-22H2,1-2,4H3/b14-9-,20-16-,25-13-,27-11+,31-30+. The first-order valence-corrected chi connectivity index (χ1v) is 13.6. The Morgan fingerprint density at radius 2 is 2.14 bits per heavy atom. The molecule has 0 N–H and O–H groups in total. The second kappa shape index (κ2) is 16.7. The molecule has 0 amide bonds. The number of aliphatic imine (C=N–C) groups is 1. The fraction of sp³-hybridized carbons (Fsp3) is 0.375. The Morgan fingerprint density at radius 3 is 2.81 bits per heavy atom. The summed E-state index contributed by atoms with van der Waals surface area (Å²) < 4.78 is 13.7. The predicted molar refractivity (Wildman–Crippen MR) is 156 cm³/mol. The van der Waals surface area contributed by atoms with Gasteiger partial charge in [0, 0.05) is 22.7 Å². The van der Waals surface area contributed by atoms with Crippen LogP contribution in [0.25, 0.3) is 0 Å². The number of hydrogen-bond acceptors (Lipinski definition) is 3. The van der Waals surface area contributed by atoms with Gasteiger partial charge in [-0.25, -0.2) is 9.37 Å². The monoisotopic (exact) mass is 502 g/mol. The van der Waals surface area contributed by atoms with Crippen molar-refractivity contribution in [3.63, 3.8) is 0 Å². The van der Waals surface area contributed by atoms with Gasteiger partial charge in [-0.3, -0.25) is 4.99 Å². The normalized spacial score (nSPS) is 19.7. The van der Waals surface area contributed by atoms with Crippen LogP contribution in [0.5, 0.6) is 0 Å². The zero-order valence-corrected chi connectivity index (χ0v) is 22.8. The first-order valence-electron chi connectivity index (χ1n) is 12.8. The zero-order valence-electron chi connectivity index (χ0n) is 22.0. The fourth-order valence-corrected chi connectivity index (χ4v) is 4.68. The highest BCUT2D eigenvalue weighted by Gasteiger charge is 2.13. The van der Waals surface area contributed by atoms with Gasteiger partial charge in [-0.1, -0.05) is 91.6 Å². The summed E-state index contributed by atoms with van der Waals surface area (Å²) in [5.74, 6) is 6.74. The summed E-state index contributed by atoms with van der Waals surface area (Å²) in [6, 6.07) is 4.20. The maximum Gasteiger partial charge on any atom is 0.137 e. The molecule has 1 heterocycles. The summed E-state index contributed by atoms with van der Waals surface area (Å²) in [6.45, 7) is 13.7. The number of aryl methyl sites for hydroxylation is 1. The molecule has 0 aliphatic heterocycles. The Kier molecular flexibility index (Phi) is 13.6. The molecule has 1 aliphatic carbocycles. The maximum atomic E-state index is 13.7. The summed E-state index contributed by atoms with van der Waals surface area (Å²) >= 11 is 1.65. The van der Waals surface area contributed by atoms with E-state index in [-0.39, 0.29) is 5.92 Å². The minimum absolute atomic E-state index is 0.193. The molecule has 0 saturated carbocycles. The van der Waals surface area contributed by atoms with Crippen LogP contribution < -0.4 is 0 Å². The van der Waals surface area contributed by atoms with Crippen LogP contribution in [0.1, 0.15) is 64.9 Å². The van der Waals surface area contributed by atoms with E-state index < -0.39 is 6.17 Å². The summed E-state index contributed by atoms with van der Waals surface area (Å²) in [5, 5.41) is 0.946. The minimum Gasteiger partial charge on any atom is -0.268 e.